The van der Waals surface area contributed by atoms with Crippen LogP contribution in [0.5, 0.6) is 5.75 Å². The van der Waals surface area contributed by atoms with Gasteiger partial charge >= 0.3 is 0 Å². The summed E-state index contributed by atoms with van der Waals surface area (Å²) in [7, 11) is 0. The van der Waals surface area contributed by atoms with Gasteiger partial charge in [-0.25, -0.2) is 0 Å². The first-order chi connectivity index (χ1) is 18.3. The Morgan fingerprint density at radius 1 is 0.921 bits per heavy atom. The highest BCUT2D eigenvalue weighted by molar-refractivity contribution is 5.94. The zero-order valence-corrected chi connectivity index (χ0v) is 23.4. The van der Waals surface area contributed by atoms with Crippen molar-refractivity contribution in [3.63, 3.8) is 0 Å². The lowest BCUT2D eigenvalue weighted by molar-refractivity contribution is 0.101. The molecule has 0 fully saturated rings. The molecule has 0 saturated heterocycles. The topological polar surface area (TPSA) is 50.1 Å². The third kappa shape index (κ3) is 9.34. The van der Waals surface area contributed by atoms with E-state index in [1.54, 1.807) is 6.92 Å². The van der Waals surface area contributed by atoms with Gasteiger partial charge in [0.25, 0.3) is 0 Å². The molecule has 0 aliphatic rings. The van der Waals surface area contributed by atoms with Crippen molar-refractivity contribution in [2.45, 2.75) is 78.2 Å². The monoisotopic (exact) mass is 507 g/mol. The number of carbonyl (C=O) groups is 1. The smallest absolute Gasteiger partial charge is 0.159 e. The van der Waals surface area contributed by atoms with E-state index < -0.39 is 0 Å². The minimum absolute atomic E-state index is 0.0951. The van der Waals surface area contributed by atoms with Crippen LogP contribution in [-0.2, 0) is 18.4 Å². The fourth-order valence-corrected chi connectivity index (χ4v) is 4.46. The van der Waals surface area contributed by atoms with Gasteiger partial charge in [0.1, 0.15) is 12.4 Å². The predicted molar refractivity (Wildman–Crippen MR) is 157 cm³/mol. The van der Waals surface area contributed by atoms with E-state index >= 15 is 0 Å². The lowest BCUT2D eigenvalue weighted by atomic mass is 9.87. The molecule has 0 aliphatic carbocycles. The Morgan fingerprint density at radius 3 is 2.26 bits per heavy atom. The largest absolute Gasteiger partial charge is 0.488 e. The molecule has 3 rings (SSSR count). The van der Waals surface area contributed by atoms with Crippen molar-refractivity contribution in [1.82, 2.24) is 0 Å². The zero-order valence-electron chi connectivity index (χ0n) is 23.4. The number of hydrogen-bond acceptors (Lipinski definition) is 3. The van der Waals surface area contributed by atoms with Gasteiger partial charge in [0.15, 0.2) is 5.78 Å². The van der Waals surface area contributed by atoms with E-state index in [1.165, 1.54) is 11.1 Å². The van der Waals surface area contributed by atoms with Crippen LogP contribution in [0.15, 0.2) is 78.9 Å². The fraction of sp³-hybridized carbons (Fsp3) is 0.371. The van der Waals surface area contributed by atoms with Crippen LogP contribution < -0.4 is 4.74 Å². The molecule has 0 heterocycles. The summed E-state index contributed by atoms with van der Waals surface area (Å²) < 4.78 is 6.24. The first-order valence-electron chi connectivity index (χ1n) is 13.7. The Morgan fingerprint density at radius 2 is 1.61 bits per heavy atom. The lowest BCUT2D eigenvalue weighted by Gasteiger charge is -2.19. The Kier molecular flexibility index (Phi) is 10.9. The minimum Gasteiger partial charge on any atom is -0.488 e. The minimum atomic E-state index is 0.0951. The maximum absolute atomic E-state index is 11.6. The number of benzene rings is 3. The molecule has 0 spiro atoms. The highest BCUT2D eigenvalue weighted by Gasteiger charge is 2.13. The van der Waals surface area contributed by atoms with Gasteiger partial charge in [-0.2, -0.15) is 5.26 Å². The van der Waals surface area contributed by atoms with E-state index in [4.69, 9.17) is 10.00 Å². The van der Waals surface area contributed by atoms with Crippen molar-refractivity contribution < 1.29 is 9.53 Å². The van der Waals surface area contributed by atoms with Gasteiger partial charge in [-0.15, -0.1) is 0 Å². The molecule has 3 heteroatoms. The highest BCUT2D eigenvalue weighted by Crippen LogP contribution is 2.26. The Hall–Kier alpha value is -3.64. The van der Waals surface area contributed by atoms with Crippen LogP contribution in [0.2, 0.25) is 0 Å². The molecular formula is C35H41NO2. The molecule has 0 saturated carbocycles. The van der Waals surface area contributed by atoms with Crippen LogP contribution >= 0.6 is 0 Å². The molecule has 198 valence electrons. The number of nitrogens with zero attached hydrogens (tertiary/aromatic N) is 1. The summed E-state index contributed by atoms with van der Waals surface area (Å²) in [5.74, 6) is 1.38. The highest BCUT2D eigenvalue weighted by atomic mass is 16.5. The molecule has 3 aromatic carbocycles. The van der Waals surface area contributed by atoms with Crippen LogP contribution in [0.25, 0.3) is 6.08 Å². The van der Waals surface area contributed by atoms with Crippen molar-refractivity contribution in [3.05, 3.63) is 107 Å². The van der Waals surface area contributed by atoms with Gasteiger partial charge in [-0.05, 0) is 66.7 Å². The number of rotatable bonds is 13. The summed E-state index contributed by atoms with van der Waals surface area (Å²) in [5, 5.41) is 8.91. The van der Waals surface area contributed by atoms with Gasteiger partial charge in [0.05, 0.1) is 6.07 Å². The Labute approximate surface area is 229 Å². The van der Waals surface area contributed by atoms with Gasteiger partial charge in [-0.1, -0.05) is 106 Å². The standard InChI is InChI=1S/C35H41NO2/c1-27(37)31-20-15-29(16-21-31)14-13-28(10-6-5-9-25-36)17-22-32-11-7-8-12-34(32)38-26-30-18-23-33(24-19-30)35(2,3)4/h7-8,11-12,15-24,28H,5-6,9-10,13-14,26H2,1-4H3/b22-17+. The van der Waals surface area contributed by atoms with E-state index in [0.717, 1.165) is 54.5 Å². The second-order valence-corrected chi connectivity index (χ2v) is 11.1. The maximum Gasteiger partial charge on any atom is 0.159 e. The van der Waals surface area contributed by atoms with Crippen LogP contribution in [0.1, 0.15) is 92.4 Å². The van der Waals surface area contributed by atoms with Gasteiger partial charge in [-0.3, -0.25) is 4.79 Å². The number of aryl methyl sites for hydroxylation is 1. The molecule has 38 heavy (non-hydrogen) atoms. The normalized spacial score (nSPS) is 12.3. The van der Waals surface area contributed by atoms with Crippen LogP contribution in [0, 0.1) is 17.2 Å². The summed E-state index contributed by atoms with van der Waals surface area (Å²) in [6.07, 6.45) is 10.1. The average Bonchev–Trinajstić information content (AvgIpc) is 2.91. The third-order valence-corrected chi connectivity index (χ3v) is 6.96. The zero-order chi connectivity index (χ0) is 27.4. The number of allylic oxidation sites excluding steroid dienone is 1. The number of para-hydroxylation sites is 1. The Bertz CT molecular complexity index is 1220. The van der Waals surface area contributed by atoms with Gasteiger partial charge < -0.3 is 4.74 Å². The van der Waals surface area contributed by atoms with E-state index in [0.29, 0.717) is 18.9 Å². The average molecular weight is 508 g/mol. The van der Waals surface area contributed by atoms with Crippen LogP contribution in [-0.4, -0.2) is 5.78 Å². The SMILES string of the molecule is CC(=O)c1ccc(CCC(/C=C/c2ccccc2OCc2ccc(C(C)(C)C)cc2)CCCCC#N)cc1. The van der Waals surface area contributed by atoms with E-state index in [2.05, 4.69) is 81.5 Å². The van der Waals surface area contributed by atoms with Crippen LogP contribution in [0.3, 0.4) is 0 Å². The number of nitriles is 1. The van der Waals surface area contributed by atoms with E-state index in [-0.39, 0.29) is 11.2 Å². The van der Waals surface area contributed by atoms with Gasteiger partial charge in [0, 0.05) is 17.5 Å². The number of carbonyl (C=O) groups excluding carboxylic acids is 1. The number of ether oxygens (including phenoxy) is 1. The van der Waals surface area contributed by atoms with E-state index in [9.17, 15) is 4.79 Å². The fourth-order valence-electron chi connectivity index (χ4n) is 4.46. The molecule has 0 amide bonds. The van der Waals surface area contributed by atoms with Crippen molar-refractivity contribution in [1.29, 1.82) is 5.26 Å². The number of unbranched alkanes of at least 4 members (excludes halogenated alkanes) is 2. The third-order valence-electron chi connectivity index (χ3n) is 6.96. The molecule has 1 unspecified atom stereocenters. The van der Waals surface area contributed by atoms with E-state index in [1.807, 2.05) is 30.3 Å². The van der Waals surface area contributed by atoms with Crippen molar-refractivity contribution >= 4 is 11.9 Å². The summed E-state index contributed by atoms with van der Waals surface area (Å²) in [5.41, 5.74) is 5.69. The quantitative estimate of drug-likeness (QED) is 0.171. The summed E-state index contributed by atoms with van der Waals surface area (Å²) in [6, 6.07) is 27.1. The van der Waals surface area contributed by atoms with Crippen molar-refractivity contribution in [3.8, 4) is 11.8 Å². The molecule has 0 N–H and O–H groups in total. The molecule has 0 bridgehead atoms. The number of hydrogen-bond donors (Lipinski definition) is 0. The lowest BCUT2D eigenvalue weighted by Crippen LogP contribution is -2.10. The van der Waals surface area contributed by atoms with Crippen molar-refractivity contribution in [2.24, 2.45) is 5.92 Å². The van der Waals surface area contributed by atoms with Crippen molar-refractivity contribution in [2.75, 3.05) is 0 Å². The summed E-state index contributed by atoms with van der Waals surface area (Å²) in [6.45, 7) is 8.80. The second kappa shape index (κ2) is 14.3. The molecular weight excluding hydrogens is 466 g/mol. The predicted octanol–water partition coefficient (Wildman–Crippen LogP) is 9.11. The first kappa shape index (κ1) is 28.9. The molecule has 3 aromatic rings. The Balaban J connectivity index is 1.66. The molecule has 0 aliphatic heterocycles. The molecule has 3 nitrogen and oxygen atoms in total. The number of ketones is 1. The second-order valence-electron chi connectivity index (χ2n) is 11.1. The van der Waals surface area contributed by atoms with Crippen LogP contribution in [0.4, 0.5) is 0 Å². The molecule has 0 radical (unpaired) electrons. The first-order valence-corrected chi connectivity index (χ1v) is 13.7. The number of Topliss-reactive ketones (excluding diaryl/α,β-unsaturated/α-hetero) is 1. The van der Waals surface area contributed by atoms with Gasteiger partial charge in [0.2, 0.25) is 0 Å². The summed E-state index contributed by atoms with van der Waals surface area (Å²) >= 11 is 0. The summed E-state index contributed by atoms with van der Waals surface area (Å²) in [4.78, 5) is 11.6. The maximum atomic E-state index is 11.6. The molecule has 1 atom stereocenters. The molecule has 0 aromatic heterocycles.